The molecule has 1 aromatic heterocycles. The van der Waals surface area contributed by atoms with Gasteiger partial charge in [0.05, 0.1) is 5.69 Å². The van der Waals surface area contributed by atoms with E-state index in [-0.39, 0.29) is 5.91 Å². The standard InChI is InChI=1S/C19H24N4O2/c1-15-9-10-17(21-20-15)22-11-6-12-23(14-13-22)19(24)18(25-2)16-7-4-3-5-8-16/h3-5,7-10,18H,6,11-14H2,1-2H3/t18-/m0/s1. The van der Waals surface area contributed by atoms with Crippen LogP contribution in [0.2, 0.25) is 0 Å². The third kappa shape index (κ3) is 4.14. The minimum Gasteiger partial charge on any atom is -0.367 e. The summed E-state index contributed by atoms with van der Waals surface area (Å²) < 4.78 is 5.49. The van der Waals surface area contributed by atoms with Gasteiger partial charge in [-0.25, -0.2) is 0 Å². The number of ether oxygens (including phenoxy) is 1. The van der Waals surface area contributed by atoms with Crippen LogP contribution in [0.5, 0.6) is 0 Å². The fraction of sp³-hybridized carbons (Fsp3) is 0.421. The molecule has 1 amide bonds. The molecular formula is C19H24N4O2. The number of hydrogen-bond acceptors (Lipinski definition) is 5. The zero-order valence-electron chi connectivity index (χ0n) is 14.8. The van der Waals surface area contributed by atoms with Crippen molar-refractivity contribution in [2.24, 2.45) is 0 Å². The van der Waals surface area contributed by atoms with Crippen molar-refractivity contribution in [3.63, 3.8) is 0 Å². The Morgan fingerprint density at radius 3 is 2.52 bits per heavy atom. The van der Waals surface area contributed by atoms with E-state index in [0.29, 0.717) is 6.54 Å². The molecule has 1 fully saturated rings. The first-order valence-corrected chi connectivity index (χ1v) is 8.61. The monoisotopic (exact) mass is 340 g/mol. The van der Waals surface area contributed by atoms with Crippen LogP contribution in [0.25, 0.3) is 0 Å². The molecule has 1 aliphatic heterocycles. The summed E-state index contributed by atoms with van der Waals surface area (Å²) in [5.74, 6) is 0.886. The number of aryl methyl sites for hydroxylation is 1. The molecular weight excluding hydrogens is 316 g/mol. The highest BCUT2D eigenvalue weighted by Gasteiger charge is 2.27. The molecule has 3 rings (SSSR count). The lowest BCUT2D eigenvalue weighted by Crippen LogP contribution is -2.38. The number of rotatable bonds is 4. The second kappa shape index (κ2) is 8.07. The van der Waals surface area contributed by atoms with E-state index < -0.39 is 6.10 Å². The third-order valence-electron chi connectivity index (χ3n) is 4.48. The molecule has 6 nitrogen and oxygen atoms in total. The Kier molecular flexibility index (Phi) is 5.60. The van der Waals surface area contributed by atoms with Crippen LogP contribution in [0, 0.1) is 6.92 Å². The van der Waals surface area contributed by atoms with Crippen molar-refractivity contribution in [3.05, 3.63) is 53.7 Å². The molecule has 1 atom stereocenters. The van der Waals surface area contributed by atoms with Gasteiger partial charge in [-0.2, -0.15) is 5.10 Å². The van der Waals surface area contributed by atoms with Crippen molar-refractivity contribution >= 4 is 11.7 Å². The van der Waals surface area contributed by atoms with E-state index in [9.17, 15) is 4.79 Å². The lowest BCUT2D eigenvalue weighted by molar-refractivity contribution is -0.142. The Bertz CT molecular complexity index is 690. The number of carbonyl (C=O) groups is 1. The number of nitrogens with zero attached hydrogens (tertiary/aromatic N) is 4. The summed E-state index contributed by atoms with van der Waals surface area (Å²) in [4.78, 5) is 17.0. The predicted octanol–water partition coefficient (Wildman–Crippen LogP) is 2.21. The van der Waals surface area contributed by atoms with Crippen LogP contribution in [0.15, 0.2) is 42.5 Å². The lowest BCUT2D eigenvalue weighted by atomic mass is 10.1. The second-order valence-electron chi connectivity index (χ2n) is 6.23. The zero-order chi connectivity index (χ0) is 17.6. The molecule has 0 saturated carbocycles. The highest BCUT2D eigenvalue weighted by molar-refractivity contribution is 5.82. The summed E-state index contributed by atoms with van der Waals surface area (Å²) in [6, 6.07) is 13.6. The van der Waals surface area contributed by atoms with Gasteiger partial charge in [-0.05, 0) is 31.0 Å². The van der Waals surface area contributed by atoms with Crippen LogP contribution in [-0.2, 0) is 9.53 Å². The molecule has 2 heterocycles. The molecule has 0 spiro atoms. The minimum atomic E-state index is -0.549. The molecule has 0 unspecified atom stereocenters. The largest absolute Gasteiger partial charge is 0.367 e. The normalized spacial score (nSPS) is 16.4. The Hall–Kier alpha value is -2.47. The maximum atomic E-state index is 12.9. The van der Waals surface area contributed by atoms with Gasteiger partial charge in [0.2, 0.25) is 0 Å². The van der Waals surface area contributed by atoms with Crippen LogP contribution < -0.4 is 4.90 Å². The Labute approximate surface area is 148 Å². The number of aromatic nitrogens is 2. The van der Waals surface area contributed by atoms with Crippen LogP contribution in [0.4, 0.5) is 5.82 Å². The minimum absolute atomic E-state index is 0.0190. The summed E-state index contributed by atoms with van der Waals surface area (Å²) in [6.45, 7) is 4.91. The fourth-order valence-corrected chi connectivity index (χ4v) is 3.10. The highest BCUT2D eigenvalue weighted by Crippen LogP contribution is 2.21. The summed E-state index contributed by atoms with van der Waals surface area (Å²) >= 11 is 0. The molecule has 2 aromatic rings. The molecule has 0 radical (unpaired) electrons. The maximum Gasteiger partial charge on any atom is 0.256 e. The van der Waals surface area contributed by atoms with Gasteiger partial charge < -0.3 is 14.5 Å². The topological polar surface area (TPSA) is 58.6 Å². The fourth-order valence-electron chi connectivity index (χ4n) is 3.10. The van der Waals surface area contributed by atoms with E-state index in [1.165, 1.54) is 0 Å². The van der Waals surface area contributed by atoms with E-state index in [0.717, 1.165) is 43.1 Å². The summed E-state index contributed by atoms with van der Waals surface area (Å²) in [5, 5.41) is 8.39. The van der Waals surface area contributed by atoms with Gasteiger partial charge in [-0.15, -0.1) is 5.10 Å². The van der Waals surface area contributed by atoms with Crippen LogP contribution in [0.3, 0.4) is 0 Å². The molecule has 25 heavy (non-hydrogen) atoms. The molecule has 1 aromatic carbocycles. The van der Waals surface area contributed by atoms with Crippen molar-refractivity contribution in [1.29, 1.82) is 0 Å². The third-order valence-corrected chi connectivity index (χ3v) is 4.48. The SMILES string of the molecule is CO[C@H](C(=O)N1CCCN(c2ccc(C)nn2)CC1)c1ccccc1. The predicted molar refractivity (Wildman–Crippen MR) is 96.4 cm³/mol. The van der Waals surface area contributed by atoms with Gasteiger partial charge in [0, 0.05) is 33.3 Å². The van der Waals surface area contributed by atoms with Gasteiger partial charge in [0.25, 0.3) is 5.91 Å². The van der Waals surface area contributed by atoms with Crippen molar-refractivity contribution in [1.82, 2.24) is 15.1 Å². The molecule has 0 bridgehead atoms. The number of carbonyl (C=O) groups excluding carboxylic acids is 1. The van der Waals surface area contributed by atoms with Crippen LogP contribution in [-0.4, -0.2) is 54.3 Å². The highest BCUT2D eigenvalue weighted by atomic mass is 16.5. The number of hydrogen-bond donors (Lipinski definition) is 0. The number of anilines is 1. The van der Waals surface area contributed by atoms with Crippen LogP contribution >= 0.6 is 0 Å². The van der Waals surface area contributed by atoms with Gasteiger partial charge in [0.15, 0.2) is 11.9 Å². The van der Waals surface area contributed by atoms with Crippen LogP contribution in [0.1, 0.15) is 23.8 Å². The molecule has 1 aliphatic rings. The number of amides is 1. The quantitative estimate of drug-likeness (QED) is 0.854. The average molecular weight is 340 g/mol. The Morgan fingerprint density at radius 1 is 1.04 bits per heavy atom. The summed E-state index contributed by atoms with van der Waals surface area (Å²) in [7, 11) is 1.58. The van der Waals surface area contributed by atoms with Crippen molar-refractivity contribution < 1.29 is 9.53 Å². The van der Waals surface area contributed by atoms with Gasteiger partial charge in [-0.3, -0.25) is 4.79 Å². The van der Waals surface area contributed by atoms with E-state index >= 15 is 0 Å². The van der Waals surface area contributed by atoms with E-state index in [2.05, 4.69) is 15.1 Å². The van der Waals surface area contributed by atoms with E-state index in [1.54, 1.807) is 7.11 Å². The smallest absolute Gasteiger partial charge is 0.256 e. The zero-order valence-corrected chi connectivity index (χ0v) is 14.8. The molecule has 132 valence electrons. The second-order valence-corrected chi connectivity index (χ2v) is 6.23. The average Bonchev–Trinajstić information content (AvgIpc) is 2.90. The summed E-state index contributed by atoms with van der Waals surface area (Å²) in [6.07, 6.45) is 0.346. The Balaban J connectivity index is 1.67. The van der Waals surface area contributed by atoms with Gasteiger partial charge in [-0.1, -0.05) is 30.3 Å². The summed E-state index contributed by atoms with van der Waals surface area (Å²) in [5.41, 5.74) is 1.79. The van der Waals surface area contributed by atoms with Crippen molar-refractivity contribution in [3.8, 4) is 0 Å². The maximum absolute atomic E-state index is 12.9. The van der Waals surface area contributed by atoms with Crippen molar-refractivity contribution in [2.45, 2.75) is 19.4 Å². The molecule has 6 heteroatoms. The number of benzene rings is 1. The van der Waals surface area contributed by atoms with Crippen molar-refractivity contribution in [2.75, 3.05) is 38.2 Å². The molecule has 1 saturated heterocycles. The van der Waals surface area contributed by atoms with E-state index in [1.807, 2.05) is 54.3 Å². The van der Waals surface area contributed by atoms with E-state index in [4.69, 9.17) is 4.74 Å². The van der Waals surface area contributed by atoms with Gasteiger partial charge >= 0.3 is 0 Å². The first kappa shape index (κ1) is 17.4. The molecule has 0 aliphatic carbocycles. The lowest BCUT2D eigenvalue weighted by Gasteiger charge is -2.26. The number of methoxy groups -OCH3 is 1. The Morgan fingerprint density at radius 2 is 1.84 bits per heavy atom. The first-order chi connectivity index (χ1) is 12.2. The first-order valence-electron chi connectivity index (χ1n) is 8.61. The molecule has 0 N–H and O–H groups in total. The van der Waals surface area contributed by atoms with Gasteiger partial charge in [0.1, 0.15) is 0 Å².